The summed E-state index contributed by atoms with van der Waals surface area (Å²) in [7, 11) is -4.04. The van der Waals surface area contributed by atoms with Gasteiger partial charge in [0.1, 0.15) is 6.04 Å². The Kier molecular flexibility index (Phi) is 5.34. The van der Waals surface area contributed by atoms with Crippen molar-refractivity contribution in [1.82, 2.24) is 9.29 Å². The summed E-state index contributed by atoms with van der Waals surface area (Å²) in [5.74, 6) is 0. The molecule has 1 atom stereocenters. The molecule has 8 heteroatoms. The molecule has 3 rings (SSSR count). The molecule has 4 nitrogen and oxygen atoms in total. The number of benzene rings is 1. The molecule has 0 amide bonds. The highest BCUT2D eigenvalue weighted by atomic mass is 32.2. The molecule has 0 unspecified atom stereocenters. The van der Waals surface area contributed by atoms with Crippen molar-refractivity contribution in [3.63, 3.8) is 0 Å². The van der Waals surface area contributed by atoms with E-state index in [1.165, 1.54) is 6.20 Å². The Morgan fingerprint density at radius 2 is 1.86 bits per heavy atom. The van der Waals surface area contributed by atoms with Crippen molar-refractivity contribution in [3.8, 4) is 0 Å². The molecule has 1 N–H and O–H groups in total. The van der Waals surface area contributed by atoms with Gasteiger partial charge in [0.05, 0.1) is 5.25 Å². The van der Waals surface area contributed by atoms with E-state index in [4.69, 9.17) is 0 Å². The van der Waals surface area contributed by atoms with Gasteiger partial charge in [-0.3, -0.25) is 0 Å². The first-order valence-corrected chi connectivity index (χ1v) is 11.0. The Hall–Kier alpha value is -1.54. The number of hydrogen-bond donors (Lipinski definition) is 1. The maximum atomic E-state index is 13.9. The zero-order chi connectivity index (χ0) is 20.9. The van der Waals surface area contributed by atoms with Gasteiger partial charge in [0.25, 0.3) is 0 Å². The van der Waals surface area contributed by atoms with Gasteiger partial charge in [-0.25, -0.2) is 8.42 Å². The molecule has 0 saturated heterocycles. The molecule has 28 heavy (non-hydrogen) atoms. The number of rotatable bonds is 5. The van der Waals surface area contributed by atoms with Crippen molar-refractivity contribution in [2.75, 3.05) is 0 Å². The summed E-state index contributed by atoms with van der Waals surface area (Å²) < 4.78 is 70.5. The van der Waals surface area contributed by atoms with Gasteiger partial charge in [0.15, 0.2) is 0 Å². The van der Waals surface area contributed by atoms with E-state index in [-0.39, 0.29) is 11.0 Å². The number of fused-ring (bicyclic) bond motifs is 1. The topological polar surface area (TPSA) is 51.1 Å². The average Bonchev–Trinajstić information content (AvgIpc) is 2.77. The molecule has 0 spiro atoms. The molecular formula is C20H27F3N2O2S. The summed E-state index contributed by atoms with van der Waals surface area (Å²) in [5.41, 5.74) is 1.43. The van der Waals surface area contributed by atoms with E-state index in [1.54, 1.807) is 16.7 Å². The van der Waals surface area contributed by atoms with Crippen LogP contribution in [0.1, 0.15) is 57.2 Å². The average molecular weight is 417 g/mol. The number of aromatic nitrogens is 1. The quantitative estimate of drug-likeness (QED) is 0.740. The van der Waals surface area contributed by atoms with Crippen LogP contribution in [0.3, 0.4) is 0 Å². The Labute approximate surface area is 164 Å². The SMILES string of the molecule is Cc1ccc2c([C@H](NS(=O)(=O)C3CCC3)C(F)(F)F)cn(CC(C)(C)C)c2c1. The Bertz CT molecular complexity index is 968. The lowest BCUT2D eigenvalue weighted by molar-refractivity contribution is -0.152. The number of sulfonamides is 1. The third-order valence-electron chi connectivity index (χ3n) is 5.12. The van der Waals surface area contributed by atoms with E-state index in [0.29, 0.717) is 30.3 Å². The van der Waals surface area contributed by atoms with Gasteiger partial charge in [-0.05, 0) is 36.8 Å². The number of nitrogens with one attached hydrogen (secondary N) is 1. The number of alkyl halides is 3. The van der Waals surface area contributed by atoms with Crippen LogP contribution in [0.4, 0.5) is 13.2 Å². The first kappa shape index (κ1) is 21.2. The van der Waals surface area contributed by atoms with Crippen LogP contribution in [0.25, 0.3) is 10.9 Å². The lowest BCUT2D eigenvalue weighted by Gasteiger charge is -2.29. The first-order valence-electron chi connectivity index (χ1n) is 9.45. The van der Waals surface area contributed by atoms with E-state index >= 15 is 0 Å². The predicted molar refractivity (Wildman–Crippen MR) is 105 cm³/mol. The molecule has 156 valence electrons. The minimum atomic E-state index is -4.73. The maximum Gasteiger partial charge on any atom is 0.408 e. The highest BCUT2D eigenvalue weighted by Crippen LogP contribution is 2.40. The van der Waals surface area contributed by atoms with Crippen LogP contribution >= 0.6 is 0 Å². The van der Waals surface area contributed by atoms with E-state index in [9.17, 15) is 21.6 Å². The van der Waals surface area contributed by atoms with Crippen molar-refractivity contribution in [1.29, 1.82) is 0 Å². The standard InChI is InChI=1S/C20H27F3N2O2S/c1-13-8-9-15-16(11-25(17(15)10-13)12-19(2,3)4)18(20(21,22)23)24-28(26,27)14-6-5-7-14/h8-11,14,18,24H,5-7,12H2,1-4H3/t18-/m0/s1. The second kappa shape index (κ2) is 7.06. The van der Waals surface area contributed by atoms with Crippen LogP contribution in [0.15, 0.2) is 24.4 Å². The summed E-state index contributed by atoms with van der Waals surface area (Å²) in [6.07, 6.45) is -1.73. The second-order valence-electron chi connectivity index (χ2n) is 8.98. The molecule has 0 radical (unpaired) electrons. The van der Waals surface area contributed by atoms with Crippen molar-refractivity contribution in [2.24, 2.45) is 5.41 Å². The van der Waals surface area contributed by atoms with Crippen LogP contribution in [0.2, 0.25) is 0 Å². The molecule has 0 bridgehead atoms. The van der Waals surface area contributed by atoms with Crippen molar-refractivity contribution >= 4 is 20.9 Å². The fourth-order valence-corrected chi connectivity index (χ4v) is 5.29. The van der Waals surface area contributed by atoms with Crippen molar-refractivity contribution < 1.29 is 21.6 Å². The molecule has 1 aromatic carbocycles. The Morgan fingerprint density at radius 3 is 2.36 bits per heavy atom. The summed E-state index contributed by atoms with van der Waals surface area (Å²) in [6, 6.07) is 2.99. The smallest absolute Gasteiger partial charge is 0.347 e. The van der Waals surface area contributed by atoms with Gasteiger partial charge >= 0.3 is 6.18 Å². The van der Waals surface area contributed by atoms with Crippen LogP contribution in [0.5, 0.6) is 0 Å². The zero-order valence-corrected chi connectivity index (χ0v) is 17.4. The number of halogens is 3. The molecule has 1 fully saturated rings. The maximum absolute atomic E-state index is 13.9. The fourth-order valence-electron chi connectivity index (χ4n) is 3.55. The van der Waals surface area contributed by atoms with Gasteiger partial charge < -0.3 is 4.57 Å². The van der Waals surface area contributed by atoms with Crippen LogP contribution in [0, 0.1) is 12.3 Å². The molecule has 0 aliphatic heterocycles. The molecule has 1 aliphatic carbocycles. The normalized spacial score (nSPS) is 17.7. The highest BCUT2D eigenvalue weighted by molar-refractivity contribution is 7.90. The lowest BCUT2D eigenvalue weighted by Crippen LogP contribution is -2.44. The summed E-state index contributed by atoms with van der Waals surface area (Å²) in [5, 5.41) is -0.309. The van der Waals surface area contributed by atoms with Crippen molar-refractivity contribution in [2.45, 2.75) is 71.0 Å². The van der Waals surface area contributed by atoms with Crippen LogP contribution in [-0.4, -0.2) is 24.4 Å². The van der Waals surface area contributed by atoms with Gasteiger partial charge in [-0.1, -0.05) is 39.3 Å². The number of hydrogen-bond acceptors (Lipinski definition) is 2. The van der Waals surface area contributed by atoms with Crippen LogP contribution < -0.4 is 4.72 Å². The van der Waals surface area contributed by atoms with Crippen LogP contribution in [-0.2, 0) is 16.6 Å². The lowest BCUT2D eigenvalue weighted by atomic mass is 9.97. The monoisotopic (exact) mass is 416 g/mol. The fraction of sp³-hybridized carbons (Fsp3) is 0.600. The largest absolute Gasteiger partial charge is 0.408 e. The molecule has 1 heterocycles. The summed E-state index contributed by atoms with van der Waals surface area (Å²) in [6.45, 7) is 8.43. The van der Waals surface area contributed by atoms with E-state index in [0.717, 1.165) is 12.0 Å². The molecule has 2 aromatic rings. The van der Waals surface area contributed by atoms with Gasteiger partial charge in [0, 0.05) is 29.2 Å². The molecule has 1 saturated carbocycles. The van der Waals surface area contributed by atoms with E-state index < -0.39 is 27.5 Å². The van der Waals surface area contributed by atoms with Crippen molar-refractivity contribution in [3.05, 3.63) is 35.5 Å². The number of aryl methyl sites for hydroxylation is 1. The predicted octanol–water partition coefficient (Wildman–Crippen LogP) is 5.07. The summed E-state index contributed by atoms with van der Waals surface area (Å²) >= 11 is 0. The van der Waals surface area contributed by atoms with Gasteiger partial charge in [0.2, 0.25) is 10.0 Å². The third-order valence-corrected chi connectivity index (χ3v) is 7.04. The number of nitrogens with zero attached hydrogens (tertiary/aromatic N) is 1. The molecular weight excluding hydrogens is 389 g/mol. The Balaban J connectivity index is 2.12. The second-order valence-corrected chi connectivity index (χ2v) is 11.0. The summed E-state index contributed by atoms with van der Waals surface area (Å²) in [4.78, 5) is 0. The minimum absolute atomic E-state index is 0.0466. The molecule has 1 aromatic heterocycles. The molecule has 1 aliphatic rings. The van der Waals surface area contributed by atoms with E-state index in [1.807, 2.05) is 38.5 Å². The van der Waals surface area contributed by atoms with Gasteiger partial charge in [-0.15, -0.1) is 0 Å². The van der Waals surface area contributed by atoms with Gasteiger partial charge in [-0.2, -0.15) is 17.9 Å². The zero-order valence-electron chi connectivity index (χ0n) is 16.6. The Morgan fingerprint density at radius 1 is 1.21 bits per heavy atom. The highest BCUT2D eigenvalue weighted by Gasteiger charge is 2.46. The minimum Gasteiger partial charge on any atom is -0.347 e. The third kappa shape index (κ3) is 4.38. The van der Waals surface area contributed by atoms with E-state index in [2.05, 4.69) is 0 Å². The first-order chi connectivity index (χ1) is 12.8.